The van der Waals surface area contributed by atoms with Gasteiger partial charge in [-0.25, -0.2) is 0 Å². The molecule has 6 nitrogen and oxygen atoms in total. The van der Waals surface area contributed by atoms with E-state index in [-0.39, 0.29) is 52.3 Å². The maximum atomic E-state index is 12.8. The Morgan fingerprint density at radius 2 is 1.50 bits per heavy atom. The van der Waals surface area contributed by atoms with Gasteiger partial charge in [-0.3, -0.25) is 14.4 Å². The number of aliphatic carboxylic acids is 3. The van der Waals surface area contributed by atoms with E-state index in [1.807, 2.05) is 6.92 Å². The summed E-state index contributed by atoms with van der Waals surface area (Å²) in [7, 11) is 0. The third-order valence-corrected chi connectivity index (χ3v) is 12.1. The van der Waals surface area contributed by atoms with Crippen LogP contribution in [-0.2, 0) is 14.4 Å². The van der Waals surface area contributed by atoms with Crippen molar-refractivity contribution in [3.63, 3.8) is 0 Å². The maximum Gasteiger partial charge on any atom is 0.310 e. The van der Waals surface area contributed by atoms with Gasteiger partial charge in [-0.15, -0.1) is 0 Å². The smallest absolute Gasteiger partial charge is 0.310 e. The van der Waals surface area contributed by atoms with Crippen molar-refractivity contribution in [1.82, 2.24) is 0 Å². The summed E-state index contributed by atoms with van der Waals surface area (Å²) in [5.41, 5.74) is -0.913. The predicted molar refractivity (Wildman–Crippen MR) is 137 cm³/mol. The molecule has 36 heavy (non-hydrogen) atoms. The molecule has 3 N–H and O–H groups in total. The summed E-state index contributed by atoms with van der Waals surface area (Å²) in [6.07, 6.45) is 7.60. The predicted octanol–water partition coefficient (Wildman–Crippen LogP) is 6.64. The van der Waals surface area contributed by atoms with Gasteiger partial charge in [-0.1, -0.05) is 60.1 Å². The fraction of sp³-hybridized carbons (Fsp3) is 0.833. The molecule has 0 radical (unpaired) electrons. The molecule has 0 saturated heterocycles. The van der Waals surface area contributed by atoms with Crippen LogP contribution < -0.4 is 0 Å². The molecule has 4 aliphatic carbocycles. The van der Waals surface area contributed by atoms with Crippen molar-refractivity contribution in [2.45, 2.75) is 106 Å². The topological polar surface area (TPSA) is 112 Å². The van der Waals surface area contributed by atoms with Crippen molar-refractivity contribution in [2.24, 2.45) is 50.2 Å². The second-order valence-corrected chi connectivity index (χ2v) is 15.0. The Morgan fingerprint density at radius 1 is 0.889 bits per heavy atom. The Bertz CT molecular complexity index is 1010. The molecule has 0 aromatic heterocycles. The number of fused-ring (bicyclic) bond motifs is 5. The molecule has 0 aliphatic heterocycles. The van der Waals surface area contributed by atoms with Gasteiger partial charge in [0.25, 0.3) is 0 Å². The van der Waals surface area contributed by atoms with E-state index in [1.54, 1.807) is 0 Å². The summed E-state index contributed by atoms with van der Waals surface area (Å²) in [5.74, 6) is -2.68. The van der Waals surface area contributed by atoms with Crippen LogP contribution in [0.4, 0.5) is 0 Å². The fourth-order valence-corrected chi connectivity index (χ4v) is 10.3. The van der Waals surface area contributed by atoms with E-state index in [9.17, 15) is 29.7 Å². The highest BCUT2D eigenvalue weighted by atomic mass is 16.4. The summed E-state index contributed by atoms with van der Waals surface area (Å²) in [5, 5.41) is 30.3. The first-order chi connectivity index (χ1) is 16.3. The molecule has 202 valence electrons. The Hall–Kier alpha value is -1.85. The summed E-state index contributed by atoms with van der Waals surface area (Å²) in [6, 6.07) is 0. The monoisotopic (exact) mass is 502 g/mol. The highest BCUT2D eigenvalue weighted by Gasteiger charge is 2.70. The molecular weight excluding hydrogens is 456 g/mol. The van der Waals surface area contributed by atoms with Crippen LogP contribution in [0.25, 0.3) is 0 Å². The van der Waals surface area contributed by atoms with Gasteiger partial charge >= 0.3 is 17.9 Å². The van der Waals surface area contributed by atoms with Crippen molar-refractivity contribution in [2.75, 3.05) is 0 Å². The molecule has 3 fully saturated rings. The van der Waals surface area contributed by atoms with Gasteiger partial charge in [-0.2, -0.15) is 0 Å². The number of carbonyl (C=O) groups is 3. The van der Waals surface area contributed by atoms with Crippen LogP contribution in [0.15, 0.2) is 11.6 Å². The number of carboxylic acid groups (broad SMARTS) is 3. The third kappa shape index (κ3) is 3.67. The molecule has 0 aromatic rings. The van der Waals surface area contributed by atoms with Gasteiger partial charge in [0.1, 0.15) is 0 Å². The highest BCUT2D eigenvalue weighted by molar-refractivity contribution is 5.76. The van der Waals surface area contributed by atoms with Crippen LogP contribution in [0.1, 0.15) is 106 Å². The van der Waals surface area contributed by atoms with Crippen LogP contribution in [0.5, 0.6) is 0 Å². The lowest BCUT2D eigenvalue weighted by molar-refractivity contribution is -0.202. The molecule has 0 unspecified atom stereocenters. The Kier molecular flexibility index (Phi) is 6.10. The fourth-order valence-electron chi connectivity index (χ4n) is 10.3. The van der Waals surface area contributed by atoms with E-state index >= 15 is 0 Å². The number of allylic oxidation sites excluding steroid dienone is 2. The number of rotatable bonds is 5. The molecule has 4 aliphatic rings. The van der Waals surface area contributed by atoms with E-state index in [2.05, 4.69) is 47.6 Å². The average Bonchev–Trinajstić information content (AvgIpc) is 2.70. The van der Waals surface area contributed by atoms with E-state index in [4.69, 9.17) is 0 Å². The Morgan fingerprint density at radius 3 is 2.06 bits per heavy atom. The van der Waals surface area contributed by atoms with Crippen molar-refractivity contribution < 1.29 is 29.7 Å². The molecule has 0 amide bonds. The zero-order valence-corrected chi connectivity index (χ0v) is 23.2. The number of carboxylic acids is 3. The summed E-state index contributed by atoms with van der Waals surface area (Å²) < 4.78 is 0. The minimum Gasteiger partial charge on any atom is -0.481 e. The molecule has 7 atom stereocenters. The maximum absolute atomic E-state index is 12.8. The first-order valence-corrected chi connectivity index (χ1v) is 13.7. The lowest BCUT2D eigenvalue weighted by Gasteiger charge is -2.71. The van der Waals surface area contributed by atoms with Crippen molar-refractivity contribution in [3.05, 3.63) is 11.6 Å². The largest absolute Gasteiger partial charge is 0.481 e. The number of hydrogen-bond acceptors (Lipinski definition) is 3. The van der Waals surface area contributed by atoms with Gasteiger partial charge < -0.3 is 15.3 Å². The van der Waals surface area contributed by atoms with Gasteiger partial charge in [0.05, 0.1) is 11.8 Å². The normalized spacial score (nSPS) is 44.9. The van der Waals surface area contributed by atoms with Crippen molar-refractivity contribution in [3.8, 4) is 0 Å². The molecule has 0 spiro atoms. The van der Waals surface area contributed by atoms with Gasteiger partial charge in [0, 0.05) is 6.42 Å². The second-order valence-electron chi connectivity index (χ2n) is 15.0. The summed E-state index contributed by atoms with van der Waals surface area (Å²) >= 11 is 0. The lowest BCUT2D eigenvalue weighted by atomic mass is 9.33. The molecule has 0 bridgehead atoms. The van der Waals surface area contributed by atoms with Gasteiger partial charge in [0.2, 0.25) is 0 Å². The van der Waals surface area contributed by atoms with Gasteiger partial charge in [-0.05, 0) is 89.8 Å². The van der Waals surface area contributed by atoms with Crippen LogP contribution in [0, 0.1) is 50.2 Å². The lowest BCUT2D eigenvalue weighted by Crippen LogP contribution is -2.65. The zero-order valence-electron chi connectivity index (χ0n) is 23.2. The second kappa shape index (κ2) is 8.07. The van der Waals surface area contributed by atoms with Gasteiger partial charge in [0.15, 0.2) is 0 Å². The molecule has 4 rings (SSSR count). The Balaban J connectivity index is 1.89. The van der Waals surface area contributed by atoms with E-state index in [1.165, 1.54) is 5.57 Å². The molecular formula is C30H46O6. The first-order valence-electron chi connectivity index (χ1n) is 13.7. The van der Waals surface area contributed by atoms with Crippen LogP contribution >= 0.6 is 0 Å². The molecule has 6 heteroatoms. The highest BCUT2D eigenvalue weighted by Crippen LogP contribution is 2.76. The minimum atomic E-state index is -0.879. The van der Waals surface area contributed by atoms with Crippen LogP contribution in [0.2, 0.25) is 0 Å². The van der Waals surface area contributed by atoms with E-state index < -0.39 is 28.7 Å². The van der Waals surface area contributed by atoms with Crippen LogP contribution in [-0.4, -0.2) is 33.2 Å². The van der Waals surface area contributed by atoms with Crippen molar-refractivity contribution >= 4 is 17.9 Å². The average molecular weight is 503 g/mol. The summed E-state index contributed by atoms with van der Waals surface area (Å²) in [4.78, 5) is 37.0. The van der Waals surface area contributed by atoms with E-state index in [0.717, 1.165) is 25.7 Å². The quantitative estimate of drug-likeness (QED) is 0.363. The standard InChI is InChI=1S/C30H46O6/c1-25(2)10-12-30(24(35)36)13-11-28(6)18(19(30)15-25)8-9-20-27(5,16-23(33)34)21(14-22(31)32)26(3,4)17-29(20,28)7/h8,19-21H,9-17H2,1-7H3,(H,31,32)(H,33,34)(H,35,36)/t19-,20+,21+,27+,28+,29+,30-/m0/s1. The first kappa shape index (κ1) is 27.2. The summed E-state index contributed by atoms with van der Waals surface area (Å²) in [6.45, 7) is 15.4. The Labute approximate surface area is 215 Å². The SMILES string of the molecule is CC1(C)CC[C@]2(C(=O)O)CC[C@]3(C)C(=CC[C@@H]4[C@@](C)(CC(=O)O)[C@H](CC(=O)O)C(C)(C)C[C@]43C)[C@@H]2C1. The third-order valence-electron chi connectivity index (χ3n) is 12.1. The molecule has 3 saturated carbocycles. The zero-order chi connectivity index (χ0) is 27.1. The van der Waals surface area contributed by atoms with Crippen LogP contribution in [0.3, 0.4) is 0 Å². The molecule has 0 aromatic carbocycles. The van der Waals surface area contributed by atoms with E-state index in [0.29, 0.717) is 19.3 Å². The molecule has 0 heterocycles. The van der Waals surface area contributed by atoms with Crippen molar-refractivity contribution in [1.29, 1.82) is 0 Å². The minimum absolute atomic E-state index is 0.0131. The number of hydrogen-bond donors (Lipinski definition) is 3.